The van der Waals surface area contributed by atoms with Gasteiger partial charge in [-0.1, -0.05) is 17.4 Å². The molecule has 0 bridgehead atoms. The Morgan fingerprint density at radius 2 is 2.25 bits per heavy atom. The van der Waals surface area contributed by atoms with Gasteiger partial charge in [0.05, 0.1) is 12.3 Å². The Morgan fingerprint density at radius 1 is 1.40 bits per heavy atom. The fourth-order valence-corrected chi connectivity index (χ4v) is 2.98. The first-order valence-corrected chi connectivity index (χ1v) is 7.09. The number of esters is 1. The number of aromatic nitrogens is 3. The number of pyridine rings is 1. The van der Waals surface area contributed by atoms with Crippen LogP contribution < -0.4 is 0 Å². The van der Waals surface area contributed by atoms with Gasteiger partial charge in [0.1, 0.15) is 10.6 Å². The Morgan fingerprint density at radius 3 is 2.90 bits per heavy atom. The van der Waals surface area contributed by atoms with E-state index in [4.69, 9.17) is 4.74 Å². The maximum atomic E-state index is 11.8. The summed E-state index contributed by atoms with van der Waals surface area (Å²) in [6.45, 7) is 4.06. The summed E-state index contributed by atoms with van der Waals surface area (Å²) in [6.07, 6.45) is 3.63. The molecule has 0 atom stereocenters. The van der Waals surface area contributed by atoms with E-state index in [-0.39, 0.29) is 5.97 Å². The molecule has 0 aliphatic rings. The van der Waals surface area contributed by atoms with Crippen LogP contribution in [0.25, 0.3) is 16.3 Å². The summed E-state index contributed by atoms with van der Waals surface area (Å²) in [4.78, 5) is 22.0. The molecular weight excluding hydrogens is 274 g/mol. The number of ether oxygens (including phenoxy) is 1. The molecule has 0 spiro atoms. The Balaban J connectivity index is 2.04. The van der Waals surface area contributed by atoms with E-state index >= 15 is 0 Å². The molecular formula is C14H13N3O2S. The van der Waals surface area contributed by atoms with Crippen molar-refractivity contribution in [1.82, 2.24) is 14.4 Å². The Kier molecular flexibility index (Phi) is 3.23. The number of carbonyl (C=O) groups is 1. The number of hydrogen-bond donors (Lipinski definition) is 0. The molecule has 0 aliphatic heterocycles. The van der Waals surface area contributed by atoms with Crippen molar-refractivity contribution in [1.29, 1.82) is 0 Å². The zero-order chi connectivity index (χ0) is 14.1. The van der Waals surface area contributed by atoms with Gasteiger partial charge in [-0.05, 0) is 26.0 Å². The second kappa shape index (κ2) is 5.05. The van der Waals surface area contributed by atoms with Crippen molar-refractivity contribution in [3.8, 4) is 11.4 Å². The SMILES string of the molecule is CCOC(=O)c1sc2nc(-c3ccccn3)cn2c1C. The standard InChI is InChI=1S/C14H13N3O2S/c1-3-19-13(18)12-9(2)17-8-11(16-14(17)20-12)10-6-4-5-7-15-10/h4-8H,3H2,1-2H3. The molecule has 0 N–H and O–H groups in total. The molecule has 3 aromatic heterocycles. The largest absolute Gasteiger partial charge is 0.462 e. The highest BCUT2D eigenvalue weighted by atomic mass is 32.1. The summed E-state index contributed by atoms with van der Waals surface area (Å²) in [6, 6.07) is 5.70. The van der Waals surface area contributed by atoms with Crippen LogP contribution in [-0.4, -0.2) is 26.9 Å². The average Bonchev–Trinajstić information content (AvgIpc) is 3.00. The van der Waals surface area contributed by atoms with Gasteiger partial charge < -0.3 is 4.74 Å². The topological polar surface area (TPSA) is 56.5 Å². The molecule has 6 heteroatoms. The normalized spacial score (nSPS) is 10.9. The fraction of sp³-hybridized carbons (Fsp3) is 0.214. The van der Waals surface area contributed by atoms with Crippen molar-refractivity contribution < 1.29 is 9.53 Å². The molecule has 102 valence electrons. The lowest BCUT2D eigenvalue weighted by Gasteiger charge is -1.99. The molecule has 0 saturated carbocycles. The maximum absolute atomic E-state index is 11.8. The highest BCUT2D eigenvalue weighted by Gasteiger charge is 2.18. The maximum Gasteiger partial charge on any atom is 0.350 e. The third-order valence-electron chi connectivity index (χ3n) is 2.95. The van der Waals surface area contributed by atoms with E-state index < -0.39 is 0 Å². The van der Waals surface area contributed by atoms with Crippen molar-refractivity contribution in [3.05, 3.63) is 41.2 Å². The molecule has 0 amide bonds. The first-order chi connectivity index (χ1) is 9.70. The number of hydrogen-bond acceptors (Lipinski definition) is 5. The molecule has 3 aromatic rings. The molecule has 0 aliphatic carbocycles. The highest BCUT2D eigenvalue weighted by molar-refractivity contribution is 7.19. The summed E-state index contributed by atoms with van der Waals surface area (Å²) < 4.78 is 6.94. The van der Waals surface area contributed by atoms with Crippen LogP contribution in [0.5, 0.6) is 0 Å². The molecule has 3 rings (SSSR count). The quantitative estimate of drug-likeness (QED) is 0.695. The first kappa shape index (κ1) is 12.8. The fourth-order valence-electron chi connectivity index (χ4n) is 1.97. The van der Waals surface area contributed by atoms with Crippen LogP contribution in [0.4, 0.5) is 0 Å². The summed E-state index contributed by atoms with van der Waals surface area (Å²) in [5, 5.41) is 0. The van der Waals surface area contributed by atoms with Crippen LogP contribution in [0.1, 0.15) is 22.3 Å². The molecule has 0 saturated heterocycles. The number of thiazole rings is 1. The van der Waals surface area contributed by atoms with E-state index in [0.717, 1.165) is 22.0 Å². The van der Waals surface area contributed by atoms with Gasteiger partial charge in [-0.3, -0.25) is 9.38 Å². The van der Waals surface area contributed by atoms with Gasteiger partial charge in [0.15, 0.2) is 4.96 Å². The highest BCUT2D eigenvalue weighted by Crippen LogP contribution is 2.26. The number of carbonyl (C=O) groups excluding carboxylic acids is 1. The summed E-state index contributed by atoms with van der Waals surface area (Å²) in [5.74, 6) is -0.292. The molecule has 3 heterocycles. The Labute approximate surface area is 119 Å². The van der Waals surface area contributed by atoms with E-state index in [0.29, 0.717) is 11.5 Å². The van der Waals surface area contributed by atoms with Gasteiger partial charge in [-0.25, -0.2) is 9.78 Å². The first-order valence-electron chi connectivity index (χ1n) is 6.27. The third-order valence-corrected chi connectivity index (χ3v) is 4.08. The van der Waals surface area contributed by atoms with Gasteiger partial charge >= 0.3 is 5.97 Å². The second-order valence-electron chi connectivity index (χ2n) is 4.23. The summed E-state index contributed by atoms with van der Waals surface area (Å²) in [7, 11) is 0. The third kappa shape index (κ3) is 2.08. The van der Waals surface area contributed by atoms with Crippen molar-refractivity contribution >= 4 is 22.3 Å². The zero-order valence-corrected chi connectivity index (χ0v) is 12.0. The van der Waals surface area contributed by atoms with Crippen molar-refractivity contribution in [2.75, 3.05) is 6.61 Å². The Hall–Kier alpha value is -2.21. The van der Waals surface area contributed by atoms with Crippen LogP contribution in [0.15, 0.2) is 30.6 Å². The molecule has 0 radical (unpaired) electrons. The van der Waals surface area contributed by atoms with E-state index in [1.165, 1.54) is 11.3 Å². The van der Waals surface area contributed by atoms with Crippen LogP contribution >= 0.6 is 11.3 Å². The molecule has 5 nitrogen and oxygen atoms in total. The smallest absolute Gasteiger partial charge is 0.350 e. The van der Waals surface area contributed by atoms with Gasteiger partial charge in [0.25, 0.3) is 0 Å². The van der Waals surface area contributed by atoms with E-state index in [2.05, 4.69) is 9.97 Å². The number of nitrogens with zero attached hydrogens (tertiary/aromatic N) is 3. The summed E-state index contributed by atoms with van der Waals surface area (Å²) >= 11 is 1.34. The second-order valence-corrected chi connectivity index (χ2v) is 5.21. The summed E-state index contributed by atoms with van der Waals surface area (Å²) in [5.41, 5.74) is 2.47. The van der Waals surface area contributed by atoms with Crippen LogP contribution in [0.3, 0.4) is 0 Å². The number of fused-ring (bicyclic) bond motifs is 1. The predicted molar refractivity (Wildman–Crippen MR) is 77.0 cm³/mol. The van der Waals surface area contributed by atoms with Crippen molar-refractivity contribution in [3.63, 3.8) is 0 Å². The minimum atomic E-state index is -0.292. The van der Waals surface area contributed by atoms with Crippen LogP contribution in [0.2, 0.25) is 0 Å². The van der Waals surface area contributed by atoms with Gasteiger partial charge in [0, 0.05) is 18.1 Å². The number of rotatable bonds is 3. The lowest BCUT2D eigenvalue weighted by Crippen LogP contribution is -2.04. The van der Waals surface area contributed by atoms with Crippen molar-refractivity contribution in [2.24, 2.45) is 0 Å². The Bertz CT molecular complexity index is 761. The van der Waals surface area contributed by atoms with Crippen LogP contribution in [-0.2, 0) is 4.74 Å². The van der Waals surface area contributed by atoms with Gasteiger partial charge in [0.2, 0.25) is 0 Å². The lowest BCUT2D eigenvalue weighted by molar-refractivity contribution is 0.0531. The van der Waals surface area contributed by atoms with Gasteiger partial charge in [-0.2, -0.15) is 0 Å². The monoisotopic (exact) mass is 287 g/mol. The van der Waals surface area contributed by atoms with Crippen molar-refractivity contribution in [2.45, 2.75) is 13.8 Å². The zero-order valence-electron chi connectivity index (χ0n) is 11.2. The van der Waals surface area contributed by atoms with E-state index in [9.17, 15) is 4.79 Å². The number of imidazole rings is 1. The van der Waals surface area contributed by atoms with E-state index in [1.54, 1.807) is 13.1 Å². The molecule has 0 unspecified atom stereocenters. The average molecular weight is 287 g/mol. The molecule has 20 heavy (non-hydrogen) atoms. The van der Waals surface area contributed by atoms with E-state index in [1.807, 2.05) is 35.7 Å². The lowest BCUT2D eigenvalue weighted by atomic mass is 10.3. The molecule has 0 aromatic carbocycles. The number of aryl methyl sites for hydroxylation is 1. The van der Waals surface area contributed by atoms with Gasteiger partial charge in [-0.15, -0.1) is 0 Å². The minimum absolute atomic E-state index is 0.292. The minimum Gasteiger partial charge on any atom is -0.462 e. The molecule has 0 fully saturated rings. The predicted octanol–water partition coefficient (Wildman–Crippen LogP) is 2.94. The van der Waals surface area contributed by atoms with Crippen LogP contribution in [0, 0.1) is 6.92 Å².